The van der Waals surface area contributed by atoms with Gasteiger partial charge in [0.05, 0.1) is 25.7 Å². The number of piperidine rings is 1. The summed E-state index contributed by atoms with van der Waals surface area (Å²) in [5.74, 6) is 1.17. The van der Waals surface area contributed by atoms with Crippen molar-refractivity contribution in [2.24, 2.45) is 0 Å². The Morgan fingerprint density at radius 3 is 2.13 bits per heavy atom. The molecule has 0 atom stereocenters. The van der Waals surface area contributed by atoms with Crippen LogP contribution in [0.5, 0.6) is 11.5 Å². The SMILES string of the molecule is COc1ccc(CN(c2ncns2)S(=O)(=O)c2ccc(CN3CCCCC3)cc2)c(OC)c1.c1ccccc1. The summed E-state index contributed by atoms with van der Waals surface area (Å²) in [6.45, 7) is 3.08. The van der Waals surface area contributed by atoms with Gasteiger partial charge < -0.3 is 9.47 Å². The number of nitrogens with zero attached hydrogens (tertiary/aromatic N) is 4. The number of rotatable bonds is 9. The van der Waals surface area contributed by atoms with E-state index in [-0.39, 0.29) is 11.4 Å². The van der Waals surface area contributed by atoms with Gasteiger partial charge in [-0.2, -0.15) is 4.37 Å². The van der Waals surface area contributed by atoms with E-state index in [4.69, 9.17) is 9.47 Å². The monoisotopic (exact) mass is 566 g/mol. The fourth-order valence-electron chi connectivity index (χ4n) is 4.32. The molecule has 0 spiro atoms. The van der Waals surface area contributed by atoms with Crippen molar-refractivity contribution in [1.82, 2.24) is 14.3 Å². The normalized spacial score (nSPS) is 13.7. The molecule has 3 aromatic carbocycles. The van der Waals surface area contributed by atoms with E-state index in [0.29, 0.717) is 22.2 Å². The van der Waals surface area contributed by atoms with Gasteiger partial charge in [-0.25, -0.2) is 17.7 Å². The number of hydrogen-bond acceptors (Lipinski definition) is 8. The first-order valence-corrected chi connectivity index (χ1v) is 15.0. The van der Waals surface area contributed by atoms with Gasteiger partial charge in [-0.15, -0.1) is 0 Å². The first kappa shape index (κ1) is 28.5. The summed E-state index contributed by atoms with van der Waals surface area (Å²) < 4.78 is 43.3. The lowest BCUT2D eigenvalue weighted by molar-refractivity contribution is 0.221. The van der Waals surface area contributed by atoms with Crippen LogP contribution < -0.4 is 13.8 Å². The van der Waals surface area contributed by atoms with E-state index in [9.17, 15) is 8.42 Å². The van der Waals surface area contributed by atoms with Crippen LogP contribution in [0.1, 0.15) is 30.4 Å². The van der Waals surface area contributed by atoms with Gasteiger partial charge in [0.2, 0.25) is 5.13 Å². The molecular formula is C29H34N4O4S2. The van der Waals surface area contributed by atoms with Crippen molar-refractivity contribution in [3.8, 4) is 11.5 Å². The zero-order valence-corrected chi connectivity index (χ0v) is 23.9. The van der Waals surface area contributed by atoms with Crippen LogP contribution in [-0.4, -0.2) is 50.0 Å². The molecule has 0 N–H and O–H groups in total. The molecule has 0 radical (unpaired) electrons. The second-order valence-corrected chi connectivity index (χ2v) is 11.7. The van der Waals surface area contributed by atoms with Gasteiger partial charge in [-0.3, -0.25) is 4.90 Å². The van der Waals surface area contributed by atoms with Crippen LogP contribution in [0.2, 0.25) is 0 Å². The Hall–Kier alpha value is -3.47. The number of likely N-dealkylation sites (tertiary alicyclic amines) is 1. The molecule has 1 fully saturated rings. The molecule has 5 rings (SSSR count). The van der Waals surface area contributed by atoms with Crippen LogP contribution in [0, 0.1) is 0 Å². The van der Waals surface area contributed by atoms with Gasteiger partial charge in [0.15, 0.2) is 0 Å². The summed E-state index contributed by atoms with van der Waals surface area (Å²) in [7, 11) is -0.756. The van der Waals surface area contributed by atoms with Crippen LogP contribution in [0.4, 0.5) is 5.13 Å². The average molecular weight is 567 g/mol. The molecule has 206 valence electrons. The molecule has 1 aromatic heterocycles. The molecule has 1 aliphatic heterocycles. The van der Waals surface area contributed by atoms with Crippen molar-refractivity contribution in [2.45, 2.75) is 37.2 Å². The van der Waals surface area contributed by atoms with Crippen molar-refractivity contribution < 1.29 is 17.9 Å². The zero-order chi connectivity index (χ0) is 27.5. The molecule has 39 heavy (non-hydrogen) atoms. The lowest BCUT2D eigenvalue weighted by Gasteiger charge is -2.26. The second kappa shape index (κ2) is 14.1. The third kappa shape index (κ3) is 7.78. The van der Waals surface area contributed by atoms with Gasteiger partial charge >= 0.3 is 0 Å². The van der Waals surface area contributed by atoms with Crippen molar-refractivity contribution in [3.63, 3.8) is 0 Å². The van der Waals surface area contributed by atoms with Gasteiger partial charge in [0.1, 0.15) is 17.8 Å². The minimum atomic E-state index is -3.87. The molecule has 8 nitrogen and oxygen atoms in total. The molecule has 1 aliphatic rings. The fourth-order valence-corrected chi connectivity index (χ4v) is 6.45. The zero-order valence-electron chi connectivity index (χ0n) is 22.3. The Labute approximate surface area is 235 Å². The third-order valence-electron chi connectivity index (χ3n) is 6.40. The summed E-state index contributed by atoms with van der Waals surface area (Å²) in [5, 5.41) is 0.297. The van der Waals surface area contributed by atoms with Gasteiger partial charge in [-0.1, -0.05) is 55.0 Å². The molecular weight excluding hydrogens is 532 g/mol. The number of sulfonamides is 1. The van der Waals surface area contributed by atoms with E-state index in [0.717, 1.165) is 36.7 Å². The quantitative estimate of drug-likeness (QED) is 0.260. The lowest BCUT2D eigenvalue weighted by Crippen LogP contribution is -2.31. The molecule has 4 aromatic rings. The van der Waals surface area contributed by atoms with Gasteiger partial charge in [0, 0.05) is 29.7 Å². The van der Waals surface area contributed by atoms with Crippen LogP contribution in [0.3, 0.4) is 0 Å². The molecule has 0 unspecified atom stereocenters. The Kier molecular flexibility index (Phi) is 10.3. The highest BCUT2D eigenvalue weighted by atomic mass is 32.2. The number of anilines is 1. The predicted octanol–water partition coefficient (Wildman–Crippen LogP) is 5.62. The summed E-state index contributed by atoms with van der Waals surface area (Å²) in [6, 6.07) is 24.4. The Morgan fingerprint density at radius 2 is 1.56 bits per heavy atom. The third-order valence-corrected chi connectivity index (χ3v) is 8.96. The minimum absolute atomic E-state index is 0.0558. The molecule has 1 saturated heterocycles. The smallest absolute Gasteiger partial charge is 0.266 e. The van der Waals surface area contributed by atoms with Crippen LogP contribution in [0.15, 0.2) is 90.1 Å². The molecule has 0 bridgehead atoms. The number of ether oxygens (including phenoxy) is 2. The first-order chi connectivity index (χ1) is 19.0. The topological polar surface area (TPSA) is 84.9 Å². The Bertz CT molecular complexity index is 1350. The maximum Gasteiger partial charge on any atom is 0.266 e. The number of hydrogen-bond donors (Lipinski definition) is 0. The van der Waals surface area contributed by atoms with Crippen molar-refractivity contribution >= 4 is 26.7 Å². The predicted molar refractivity (Wildman–Crippen MR) is 155 cm³/mol. The Morgan fingerprint density at radius 1 is 0.897 bits per heavy atom. The highest BCUT2D eigenvalue weighted by molar-refractivity contribution is 7.93. The molecule has 0 saturated carbocycles. The molecule has 0 aliphatic carbocycles. The van der Waals surface area contributed by atoms with E-state index in [1.165, 1.54) is 29.9 Å². The molecule has 0 amide bonds. The van der Waals surface area contributed by atoms with Gasteiger partial charge in [0.25, 0.3) is 10.0 Å². The van der Waals surface area contributed by atoms with Crippen molar-refractivity contribution in [3.05, 3.63) is 96.3 Å². The first-order valence-electron chi connectivity index (χ1n) is 12.8. The van der Waals surface area contributed by atoms with E-state index in [2.05, 4.69) is 14.3 Å². The van der Waals surface area contributed by atoms with E-state index >= 15 is 0 Å². The molecule has 2 heterocycles. The maximum atomic E-state index is 13.6. The van der Waals surface area contributed by atoms with E-state index in [1.807, 2.05) is 48.5 Å². The standard InChI is InChI=1S/C23H28N4O4S2.C6H6/c1-30-20-9-8-19(22(14-20)31-2)16-27(23-24-17-25-32-23)33(28,29)21-10-6-18(7-11-21)15-26-12-4-3-5-13-26;1-2-4-6-5-3-1/h6-11,14,17H,3-5,12-13,15-16H2,1-2H3;1-6H. The van der Waals surface area contributed by atoms with Crippen LogP contribution in [-0.2, 0) is 23.1 Å². The minimum Gasteiger partial charge on any atom is -0.497 e. The van der Waals surface area contributed by atoms with E-state index in [1.54, 1.807) is 44.6 Å². The van der Waals surface area contributed by atoms with Gasteiger partial charge in [-0.05, 0) is 55.8 Å². The number of benzene rings is 3. The van der Waals surface area contributed by atoms with Crippen molar-refractivity contribution in [2.75, 3.05) is 31.6 Å². The van der Waals surface area contributed by atoms with Crippen LogP contribution in [0.25, 0.3) is 0 Å². The summed E-state index contributed by atoms with van der Waals surface area (Å²) in [6.07, 6.45) is 5.08. The highest BCUT2D eigenvalue weighted by Gasteiger charge is 2.28. The maximum absolute atomic E-state index is 13.6. The average Bonchev–Trinajstić information content (AvgIpc) is 3.52. The fraction of sp³-hybridized carbons (Fsp3) is 0.310. The van der Waals surface area contributed by atoms with Crippen molar-refractivity contribution in [1.29, 1.82) is 0 Å². The summed E-state index contributed by atoms with van der Waals surface area (Å²) >= 11 is 1.03. The number of aromatic nitrogens is 2. The lowest BCUT2D eigenvalue weighted by atomic mass is 10.1. The summed E-state index contributed by atoms with van der Waals surface area (Å²) in [4.78, 5) is 6.80. The Balaban J connectivity index is 0.000000519. The highest BCUT2D eigenvalue weighted by Crippen LogP contribution is 2.31. The van der Waals surface area contributed by atoms with E-state index < -0.39 is 10.0 Å². The largest absolute Gasteiger partial charge is 0.497 e. The number of methoxy groups -OCH3 is 2. The second-order valence-electron chi connectivity index (χ2n) is 9.05. The summed E-state index contributed by atoms with van der Waals surface area (Å²) in [5.41, 5.74) is 1.80. The van der Waals surface area contributed by atoms with Crippen LogP contribution >= 0.6 is 11.5 Å². The molecule has 10 heteroatoms.